The quantitative estimate of drug-likeness (QED) is 0.734. The highest BCUT2D eigenvalue weighted by Gasteiger charge is 2.63. The fraction of sp³-hybridized carbons (Fsp3) is 0.824. The lowest BCUT2D eigenvalue weighted by Gasteiger charge is -2.36. The first-order valence-corrected chi connectivity index (χ1v) is 7.79. The minimum Gasteiger partial charge on any atom is -0.354 e. The van der Waals surface area contributed by atoms with Crippen LogP contribution in [0.15, 0.2) is 12.7 Å². The molecule has 0 bridgehead atoms. The molecular weight excluding hydrogens is 250 g/mol. The Morgan fingerprint density at radius 3 is 2.65 bits per heavy atom. The van der Waals surface area contributed by atoms with Gasteiger partial charge in [-0.15, -0.1) is 6.58 Å². The molecular formula is C17H29NO2. The average Bonchev–Trinajstić information content (AvgIpc) is 2.79. The first-order chi connectivity index (χ1) is 9.20. The minimum atomic E-state index is -0.411. The summed E-state index contributed by atoms with van der Waals surface area (Å²) in [7, 11) is 0. The van der Waals surface area contributed by atoms with Crippen molar-refractivity contribution in [1.29, 1.82) is 0 Å². The van der Waals surface area contributed by atoms with Crippen LogP contribution in [0.2, 0.25) is 0 Å². The van der Waals surface area contributed by atoms with Crippen LogP contribution in [0, 0.1) is 10.8 Å². The van der Waals surface area contributed by atoms with Crippen molar-refractivity contribution >= 4 is 5.91 Å². The molecule has 0 unspecified atom stereocenters. The molecule has 2 heterocycles. The van der Waals surface area contributed by atoms with E-state index in [4.69, 9.17) is 4.74 Å². The Labute approximate surface area is 123 Å². The zero-order valence-electron chi connectivity index (χ0n) is 13.7. The Morgan fingerprint density at radius 1 is 1.50 bits per heavy atom. The van der Waals surface area contributed by atoms with E-state index in [1.165, 1.54) is 0 Å². The highest BCUT2D eigenvalue weighted by atomic mass is 16.5. The van der Waals surface area contributed by atoms with Gasteiger partial charge in [0.2, 0.25) is 5.91 Å². The Hall–Kier alpha value is -0.830. The third kappa shape index (κ3) is 2.20. The molecule has 2 fully saturated rings. The second-order valence-electron chi connectivity index (χ2n) is 7.68. The number of allylic oxidation sites excluding steroid dienone is 1. The van der Waals surface area contributed by atoms with Crippen LogP contribution in [0.25, 0.3) is 0 Å². The topological polar surface area (TPSA) is 29.5 Å². The second kappa shape index (κ2) is 4.87. The molecule has 20 heavy (non-hydrogen) atoms. The number of hydrogen-bond donors (Lipinski definition) is 0. The number of carbonyl (C=O) groups excluding carboxylic acids is 1. The molecule has 1 amide bonds. The van der Waals surface area contributed by atoms with Gasteiger partial charge in [-0.1, -0.05) is 33.8 Å². The predicted octanol–water partition coefficient (Wildman–Crippen LogP) is 3.74. The Kier molecular flexibility index (Phi) is 3.79. The van der Waals surface area contributed by atoms with Crippen molar-refractivity contribution in [3.05, 3.63) is 12.7 Å². The van der Waals surface area contributed by atoms with Crippen molar-refractivity contribution in [3.8, 4) is 0 Å². The summed E-state index contributed by atoms with van der Waals surface area (Å²) >= 11 is 0. The van der Waals surface area contributed by atoms with Crippen LogP contribution in [0.4, 0.5) is 0 Å². The van der Waals surface area contributed by atoms with Gasteiger partial charge < -0.3 is 9.64 Å². The number of ether oxygens (including phenoxy) is 1. The zero-order chi connectivity index (χ0) is 15.2. The van der Waals surface area contributed by atoms with Crippen LogP contribution in [0.5, 0.6) is 0 Å². The fourth-order valence-corrected chi connectivity index (χ4v) is 3.85. The maximum Gasteiger partial charge on any atom is 0.231 e. The lowest BCUT2D eigenvalue weighted by atomic mass is 9.77. The molecule has 0 spiro atoms. The first kappa shape index (κ1) is 15.6. The SMILES string of the molecule is C=CCC[C@]1(CC)C[C@@]2(C)OC[C@H](C(C)(C)C)N2C1=O. The minimum absolute atomic E-state index is 0.0513. The number of nitrogens with zero attached hydrogens (tertiary/aromatic N) is 1. The van der Waals surface area contributed by atoms with Gasteiger partial charge in [-0.05, 0) is 31.6 Å². The molecule has 0 aliphatic carbocycles. The molecule has 0 saturated carbocycles. The second-order valence-corrected chi connectivity index (χ2v) is 7.68. The van der Waals surface area contributed by atoms with Crippen LogP contribution >= 0.6 is 0 Å². The Morgan fingerprint density at radius 2 is 2.15 bits per heavy atom. The monoisotopic (exact) mass is 279 g/mol. The predicted molar refractivity (Wildman–Crippen MR) is 81.2 cm³/mol. The largest absolute Gasteiger partial charge is 0.354 e. The van der Waals surface area contributed by atoms with E-state index in [0.29, 0.717) is 12.5 Å². The maximum atomic E-state index is 13.1. The van der Waals surface area contributed by atoms with E-state index in [-0.39, 0.29) is 16.9 Å². The highest BCUT2D eigenvalue weighted by molar-refractivity contribution is 5.86. The van der Waals surface area contributed by atoms with Gasteiger partial charge in [0.1, 0.15) is 5.72 Å². The number of amides is 1. The molecule has 0 radical (unpaired) electrons. The van der Waals surface area contributed by atoms with Crippen molar-refractivity contribution in [2.75, 3.05) is 6.61 Å². The first-order valence-electron chi connectivity index (χ1n) is 7.79. The number of fused-ring (bicyclic) bond motifs is 1. The molecule has 2 aliphatic heterocycles. The molecule has 0 aromatic carbocycles. The van der Waals surface area contributed by atoms with Gasteiger partial charge in [-0.3, -0.25) is 4.79 Å². The van der Waals surface area contributed by atoms with Crippen LogP contribution in [0.3, 0.4) is 0 Å². The van der Waals surface area contributed by atoms with Crippen LogP contribution in [0.1, 0.15) is 60.3 Å². The van der Waals surface area contributed by atoms with Gasteiger partial charge in [0, 0.05) is 6.42 Å². The summed E-state index contributed by atoms with van der Waals surface area (Å²) in [6.45, 7) is 15.2. The van der Waals surface area contributed by atoms with E-state index in [1.807, 2.05) is 6.08 Å². The van der Waals surface area contributed by atoms with Gasteiger partial charge in [-0.2, -0.15) is 0 Å². The fourth-order valence-electron chi connectivity index (χ4n) is 3.85. The molecule has 2 rings (SSSR count). The summed E-state index contributed by atoms with van der Waals surface area (Å²) in [5.74, 6) is 0.293. The van der Waals surface area contributed by atoms with E-state index >= 15 is 0 Å². The van der Waals surface area contributed by atoms with Gasteiger partial charge in [0.25, 0.3) is 0 Å². The van der Waals surface area contributed by atoms with Gasteiger partial charge in [-0.25, -0.2) is 0 Å². The number of rotatable bonds is 4. The highest BCUT2D eigenvalue weighted by Crippen LogP contribution is 2.53. The molecule has 0 aromatic rings. The van der Waals surface area contributed by atoms with E-state index < -0.39 is 5.72 Å². The van der Waals surface area contributed by atoms with Crippen LogP contribution in [-0.2, 0) is 9.53 Å². The molecule has 0 N–H and O–H groups in total. The van der Waals surface area contributed by atoms with Gasteiger partial charge >= 0.3 is 0 Å². The summed E-state index contributed by atoms with van der Waals surface area (Å²) in [5, 5.41) is 0. The molecule has 3 nitrogen and oxygen atoms in total. The lowest BCUT2D eigenvalue weighted by molar-refractivity contribution is -0.143. The van der Waals surface area contributed by atoms with Crippen molar-refractivity contribution in [1.82, 2.24) is 4.90 Å². The third-order valence-electron chi connectivity index (χ3n) is 5.22. The molecule has 2 saturated heterocycles. The molecule has 3 atom stereocenters. The van der Waals surface area contributed by atoms with E-state index in [9.17, 15) is 4.79 Å². The normalized spacial score (nSPS) is 37.4. The summed E-state index contributed by atoms with van der Waals surface area (Å²) < 4.78 is 6.09. The summed E-state index contributed by atoms with van der Waals surface area (Å²) in [5.41, 5.74) is -0.616. The van der Waals surface area contributed by atoms with Gasteiger partial charge in [0.15, 0.2) is 0 Å². The average molecular weight is 279 g/mol. The van der Waals surface area contributed by atoms with Crippen molar-refractivity contribution in [2.24, 2.45) is 10.8 Å². The Bertz CT molecular complexity index is 412. The third-order valence-corrected chi connectivity index (χ3v) is 5.22. The van der Waals surface area contributed by atoms with E-state index in [1.54, 1.807) is 0 Å². The Balaban J connectivity index is 2.33. The molecule has 3 heteroatoms. The van der Waals surface area contributed by atoms with E-state index in [2.05, 4.69) is 46.1 Å². The smallest absolute Gasteiger partial charge is 0.231 e. The van der Waals surface area contributed by atoms with Gasteiger partial charge in [0.05, 0.1) is 18.1 Å². The van der Waals surface area contributed by atoms with Crippen molar-refractivity contribution in [2.45, 2.75) is 72.1 Å². The van der Waals surface area contributed by atoms with Crippen LogP contribution in [-0.4, -0.2) is 29.2 Å². The molecule has 2 aliphatic rings. The van der Waals surface area contributed by atoms with Crippen molar-refractivity contribution < 1.29 is 9.53 Å². The molecule has 0 aromatic heterocycles. The standard InChI is InChI=1S/C17H29NO2/c1-7-9-10-17(8-2)12-16(6)18(14(17)19)13(11-20-16)15(3,4)5/h7,13H,1,8-12H2,2-6H3/t13-,16-,17-/m1/s1. The summed E-state index contributed by atoms with van der Waals surface area (Å²) in [4.78, 5) is 15.2. The number of carbonyl (C=O) groups is 1. The maximum absolute atomic E-state index is 13.1. The number of hydrogen-bond acceptors (Lipinski definition) is 2. The molecule has 114 valence electrons. The summed E-state index contributed by atoms with van der Waals surface area (Å²) in [6.07, 6.45) is 5.39. The zero-order valence-corrected chi connectivity index (χ0v) is 13.7. The van der Waals surface area contributed by atoms with Crippen LogP contribution < -0.4 is 0 Å². The lowest BCUT2D eigenvalue weighted by Crippen LogP contribution is -2.49. The summed E-state index contributed by atoms with van der Waals surface area (Å²) in [6, 6.07) is 0.178. The van der Waals surface area contributed by atoms with Crippen molar-refractivity contribution in [3.63, 3.8) is 0 Å². The van der Waals surface area contributed by atoms with E-state index in [0.717, 1.165) is 25.7 Å².